The van der Waals surface area contributed by atoms with E-state index < -0.39 is 5.97 Å². The summed E-state index contributed by atoms with van der Waals surface area (Å²) in [5, 5.41) is 12.5. The minimum absolute atomic E-state index is 0.00216. The van der Waals surface area contributed by atoms with Crippen LogP contribution in [0.3, 0.4) is 0 Å². The standard InChI is InChI=1S/C16H22N2O2/c1-5-7-18-13-8-12(9-16(3,4)10-13)14(11-17)15(19)20-6-2/h5,8,18H,1,6-7,9-10H2,2-4H3/b14-12+. The third kappa shape index (κ3) is 4.27. The summed E-state index contributed by atoms with van der Waals surface area (Å²) >= 11 is 0. The van der Waals surface area contributed by atoms with Crippen molar-refractivity contribution < 1.29 is 9.53 Å². The van der Waals surface area contributed by atoms with Crippen molar-refractivity contribution >= 4 is 5.97 Å². The quantitative estimate of drug-likeness (QED) is 0.362. The van der Waals surface area contributed by atoms with Crippen molar-refractivity contribution in [2.24, 2.45) is 5.41 Å². The zero-order valence-electron chi connectivity index (χ0n) is 12.5. The summed E-state index contributed by atoms with van der Waals surface area (Å²) in [7, 11) is 0. The molecule has 4 heteroatoms. The lowest BCUT2D eigenvalue weighted by molar-refractivity contribution is -0.138. The van der Waals surface area contributed by atoms with Gasteiger partial charge in [0.05, 0.1) is 6.61 Å². The molecule has 0 saturated carbocycles. The van der Waals surface area contributed by atoms with Gasteiger partial charge in [0.15, 0.2) is 0 Å². The third-order valence-electron chi connectivity index (χ3n) is 3.07. The number of hydrogen-bond acceptors (Lipinski definition) is 4. The minimum Gasteiger partial charge on any atom is -0.462 e. The summed E-state index contributed by atoms with van der Waals surface area (Å²) < 4.78 is 4.95. The van der Waals surface area contributed by atoms with Gasteiger partial charge in [-0.15, -0.1) is 6.58 Å². The fourth-order valence-corrected chi connectivity index (χ4v) is 2.34. The van der Waals surface area contributed by atoms with Crippen LogP contribution in [0.4, 0.5) is 0 Å². The van der Waals surface area contributed by atoms with Crippen molar-refractivity contribution in [3.8, 4) is 6.07 Å². The van der Waals surface area contributed by atoms with E-state index in [1.807, 2.05) is 12.1 Å². The Balaban J connectivity index is 3.14. The van der Waals surface area contributed by atoms with Crippen molar-refractivity contribution in [2.45, 2.75) is 33.6 Å². The summed E-state index contributed by atoms with van der Waals surface area (Å²) in [4.78, 5) is 11.8. The second kappa shape index (κ2) is 6.95. The maximum absolute atomic E-state index is 11.8. The Morgan fingerprint density at radius 2 is 2.30 bits per heavy atom. The highest BCUT2D eigenvalue weighted by molar-refractivity contribution is 5.94. The first-order valence-electron chi connectivity index (χ1n) is 6.79. The number of rotatable bonds is 5. The molecule has 1 rings (SSSR count). The Morgan fingerprint density at radius 1 is 1.60 bits per heavy atom. The van der Waals surface area contributed by atoms with Crippen molar-refractivity contribution in [3.63, 3.8) is 0 Å². The zero-order valence-corrected chi connectivity index (χ0v) is 12.5. The number of carbonyl (C=O) groups excluding carboxylic acids is 1. The second-order valence-corrected chi connectivity index (χ2v) is 5.59. The van der Waals surface area contributed by atoms with Crippen LogP contribution in [0, 0.1) is 16.7 Å². The maximum Gasteiger partial charge on any atom is 0.349 e. The molecule has 0 saturated heterocycles. The molecule has 20 heavy (non-hydrogen) atoms. The van der Waals surface area contributed by atoms with Gasteiger partial charge in [-0.25, -0.2) is 4.79 Å². The maximum atomic E-state index is 11.8. The van der Waals surface area contributed by atoms with E-state index in [0.29, 0.717) is 13.0 Å². The number of carbonyl (C=O) groups is 1. The van der Waals surface area contributed by atoms with Crippen molar-refractivity contribution in [2.75, 3.05) is 13.2 Å². The van der Waals surface area contributed by atoms with Gasteiger partial charge < -0.3 is 10.1 Å². The molecule has 0 aromatic carbocycles. The summed E-state index contributed by atoms with van der Waals surface area (Å²) in [6.07, 6.45) is 5.24. The van der Waals surface area contributed by atoms with Gasteiger partial charge >= 0.3 is 5.97 Å². The highest BCUT2D eigenvalue weighted by Crippen LogP contribution is 2.38. The second-order valence-electron chi connectivity index (χ2n) is 5.59. The van der Waals surface area contributed by atoms with E-state index in [0.717, 1.165) is 17.7 Å². The molecular formula is C16H22N2O2. The van der Waals surface area contributed by atoms with Crippen molar-refractivity contribution in [3.05, 3.63) is 35.6 Å². The summed E-state index contributed by atoms with van der Waals surface area (Å²) in [5.41, 5.74) is 1.88. The number of nitrogens with one attached hydrogen (secondary N) is 1. The van der Waals surface area contributed by atoms with Gasteiger partial charge in [-0.1, -0.05) is 19.9 Å². The van der Waals surface area contributed by atoms with Crippen molar-refractivity contribution in [1.82, 2.24) is 5.32 Å². The van der Waals surface area contributed by atoms with E-state index in [9.17, 15) is 10.1 Å². The Kier molecular flexibility index (Phi) is 5.57. The summed E-state index contributed by atoms with van der Waals surface area (Å²) in [6, 6.07) is 1.98. The summed E-state index contributed by atoms with van der Waals surface area (Å²) in [5.74, 6) is -0.540. The number of esters is 1. The number of hydrogen-bond donors (Lipinski definition) is 1. The molecule has 0 amide bonds. The molecule has 0 aliphatic heterocycles. The van der Waals surface area contributed by atoms with Gasteiger partial charge in [-0.2, -0.15) is 5.26 Å². The molecule has 0 aromatic heterocycles. The molecule has 0 bridgehead atoms. The zero-order chi connectivity index (χ0) is 15.2. The highest BCUT2D eigenvalue weighted by atomic mass is 16.5. The van der Waals surface area contributed by atoms with Crippen LogP contribution >= 0.6 is 0 Å². The minimum atomic E-state index is -0.540. The van der Waals surface area contributed by atoms with Crippen LogP contribution < -0.4 is 5.32 Å². The Bertz CT molecular complexity index is 493. The molecule has 0 atom stereocenters. The van der Waals surface area contributed by atoms with Gasteiger partial charge in [0.25, 0.3) is 0 Å². The smallest absolute Gasteiger partial charge is 0.349 e. The van der Waals surface area contributed by atoms with Crippen LogP contribution in [0.15, 0.2) is 35.6 Å². The predicted octanol–water partition coefficient (Wildman–Crippen LogP) is 2.85. The van der Waals surface area contributed by atoms with E-state index in [4.69, 9.17) is 4.74 Å². The number of nitriles is 1. The number of nitrogens with zero attached hydrogens (tertiary/aromatic N) is 1. The average Bonchev–Trinajstić information content (AvgIpc) is 2.35. The van der Waals surface area contributed by atoms with Crippen LogP contribution in [-0.2, 0) is 9.53 Å². The molecule has 0 radical (unpaired) electrons. The lowest BCUT2D eigenvalue weighted by Gasteiger charge is -2.32. The van der Waals surface area contributed by atoms with Gasteiger partial charge in [-0.3, -0.25) is 0 Å². The first-order valence-corrected chi connectivity index (χ1v) is 6.79. The van der Waals surface area contributed by atoms with Crippen LogP contribution in [0.2, 0.25) is 0 Å². The monoisotopic (exact) mass is 274 g/mol. The Morgan fingerprint density at radius 3 is 2.85 bits per heavy atom. The lowest BCUT2D eigenvalue weighted by Crippen LogP contribution is -2.26. The van der Waals surface area contributed by atoms with E-state index in [-0.39, 0.29) is 17.6 Å². The van der Waals surface area contributed by atoms with Gasteiger partial charge in [-0.05, 0) is 36.8 Å². The van der Waals surface area contributed by atoms with Crippen molar-refractivity contribution in [1.29, 1.82) is 5.26 Å². The number of allylic oxidation sites excluding steroid dienone is 3. The highest BCUT2D eigenvalue weighted by Gasteiger charge is 2.29. The Labute approximate surface area is 120 Å². The van der Waals surface area contributed by atoms with Crippen LogP contribution in [-0.4, -0.2) is 19.1 Å². The van der Waals surface area contributed by atoms with E-state index >= 15 is 0 Å². The first-order chi connectivity index (χ1) is 9.43. The predicted molar refractivity (Wildman–Crippen MR) is 78.6 cm³/mol. The van der Waals surface area contributed by atoms with E-state index in [2.05, 4.69) is 25.7 Å². The molecule has 1 N–H and O–H groups in total. The van der Waals surface area contributed by atoms with Gasteiger partial charge in [0, 0.05) is 12.2 Å². The molecule has 1 aliphatic carbocycles. The molecule has 0 unspecified atom stereocenters. The Hall–Kier alpha value is -2.02. The molecule has 1 aliphatic rings. The molecule has 0 fully saturated rings. The molecule has 108 valence electrons. The summed E-state index contributed by atoms with van der Waals surface area (Å²) in [6.45, 7) is 10.6. The van der Waals surface area contributed by atoms with Gasteiger partial charge in [0.1, 0.15) is 11.6 Å². The molecule has 4 nitrogen and oxygen atoms in total. The van der Waals surface area contributed by atoms with Gasteiger partial charge in [0.2, 0.25) is 0 Å². The first kappa shape index (κ1) is 16.0. The molecular weight excluding hydrogens is 252 g/mol. The van der Waals surface area contributed by atoms with Crippen LogP contribution in [0.1, 0.15) is 33.6 Å². The van der Waals surface area contributed by atoms with E-state index in [1.165, 1.54) is 0 Å². The normalized spacial score (nSPS) is 19.4. The van der Waals surface area contributed by atoms with Crippen LogP contribution in [0.25, 0.3) is 0 Å². The average molecular weight is 274 g/mol. The molecule has 0 heterocycles. The number of ether oxygens (including phenoxy) is 1. The van der Waals surface area contributed by atoms with E-state index in [1.54, 1.807) is 13.0 Å². The fraction of sp³-hybridized carbons (Fsp3) is 0.500. The lowest BCUT2D eigenvalue weighted by atomic mass is 9.76. The fourth-order valence-electron chi connectivity index (χ4n) is 2.34. The SMILES string of the molecule is C=CCNC1=C/C(=C(/C#N)C(=O)OCC)CC(C)(C)C1. The molecule has 0 aromatic rings. The largest absolute Gasteiger partial charge is 0.462 e. The third-order valence-corrected chi connectivity index (χ3v) is 3.07. The topological polar surface area (TPSA) is 62.1 Å². The molecule has 0 spiro atoms. The van der Waals surface area contributed by atoms with Crippen LogP contribution in [0.5, 0.6) is 0 Å².